The average Bonchev–Trinajstić information content (AvgIpc) is 2.34. The number of rotatable bonds is 6. The fourth-order valence-electron chi connectivity index (χ4n) is 1.63. The molecule has 0 bridgehead atoms. The Morgan fingerprint density at radius 3 is 2.67 bits per heavy atom. The summed E-state index contributed by atoms with van der Waals surface area (Å²) < 4.78 is 4.95. The van der Waals surface area contributed by atoms with E-state index in [1.807, 2.05) is 26.0 Å². The van der Waals surface area contributed by atoms with Gasteiger partial charge in [-0.25, -0.2) is 4.98 Å². The zero-order chi connectivity index (χ0) is 13.7. The molecule has 7 heteroatoms. The lowest BCUT2D eigenvalue weighted by atomic mass is 10.1. The van der Waals surface area contributed by atoms with Gasteiger partial charge in [0.05, 0.1) is 23.8 Å². The van der Waals surface area contributed by atoms with Crippen LogP contribution in [0.3, 0.4) is 0 Å². The molecule has 18 heavy (non-hydrogen) atoms. The third-order valence-electron chi connectivity index (χ3n) is 2.50. The van der Waals surface area contributed by atoms with Crippen LogP contribution < -0.4 is 10.1 Å². The molecule has 0 amide bonds. The van der Waals surface area contributed by atoms with E-state index in [2.05, 4.69) is 10.3 Å². The van der Waals surface area contributed by atoms with E-state index in [1.165, 1.54) is 13.2 Å². The third-order valence-corrected chi connectivity index (χ3v) is 2.50. The predicted octanol–water partition coefficient (Wildman–Crippen LogP) is 0.820. The SMILES string of the molecule is CNC(CN(C)C)c1ccc([N+](=O)[O-])c(OC)n1. The van der Waals surface area contributed by atoms with Gasteiger partial charge < -0.3 is 15.0 Å². The number of hydrogen-bond donors (Lipinski definition) is 1. The van der Waals surface area contributed by atoms with Crippen LogP contribution in [0.15, 0.2) is 12.1 Å². The summed E-state index contributed by atoms with van der Waals surface area (Å²) in [5.74, 6) is 0.0384. The van der Waals surface area contributed by atoms with Crippen molar-refractivity contribution in [2.45, 2.75) is 6.04 Å². The van der Waals surface area contributed by atoms with Gasteiger partial charge >= 0.3 is 5.69 Å². The normalized spacial score (nSPS) is 12.5. The lowest BCUT2D eigenvalue weighted by molar-refractivity contribution is -0.386. The molecular formula is C11H18N4O3. The Morgan fingerprint density at radius 1 is 1.56 bits per heavy atom. The molecule has 7 nitrogen and oxygen atoms in total. The van der Waals surface area contributed by atoms with Gasteiger partial charge in [0, 0.05) is 12.6 Å². The molecule has 1 aromatic rings. The predicted molar refractivity (Wildman–Crippen MR) is 67.8 cm³/mol. The standard InChI is InChI=1S/C11H18N4O3/c1-12-9(7-14(2)3)8-5-6-10(15(16)17)11(13-8)18-4/h5-6,9,12H,7H2,1-4H3. The van der Waals surface area contributed by atoms with E-state index >= 15 is 0 Å². The zero-order valence-corrected chi connectivity index (χ0v) is 11.0. The minimum atomic E-state index is -0.504. The highest BCUT2D eigenvalue weighted by atomic mass is 16.6. The van der Waals surface area contributed by atoms with Crippen LogP contribution in [0.4, 0.5) is 5.69 Å². The van der Waals surface area contributed by atoms with Crippen molar-refractivity contribution < 1.29 is 9.66 Å². The molecule has 1 rings (SSSR count). The van der Waals surface area contributed by atoms with Crippen LogP contribution in [0.1, 0.15) is 11.7 Å². The monoisotopic (exact) mass is 254 g/mol. The maximum Gasteiger partial charge on any atom is 0.330 e. The summed E-state index contributed by atoms with van der Waals surface area (Å²) in [7, 11) is 7.10. The molecular weight excluding hydrogens is 236 g/mol. The Labute approximate surface area is 106 Å². The Kier molecular flexibility index (Phi) is 4.99. The van der Waals surface area contributed by atoms with Gasteiger partial charge in [0.2, 0.25) is 0 Å². The highest BCUT2D eigenvalue weighted by Crippen LogP contribution is 2.26. The molecule has 0 spiro atoms. The maximum atomic E-state index is 10.8. The Balaban J connectivity index is 3.06. The van der Waals surface area contributed by atoms with Gasteiger partial charge in [0.25, 0.3) is 5.88 Å². The third kappa shape index (κ3) is 3.38. The molecule has 100 valence electrons. The number of ether oxygens (including phenoxy) is 1. The van der Waals surface area contributed by atoms with Gasteiger partial charge in [-0.1, -0.05) is 0 Å². The quantitative estimate of drug-likeness (QED) is 0.598. The fourth-order valence-corrected chi connectivity index (χ4v) is 1.63. The molecule has 0 saturated heterocycles. The first kappa shape index (κ1) is 14.3. The van der Waals surface area contributed by atoms with E-state index in [-0.39, 0.29) is 17.6 Å². The van der Waals surface area contributed by atoms with Crippen LogP contribution in [0, 0.1) is 10.1 Å². The molecule has 1 unspecified atom stereocenters. The van der Waals surface area contributed by atoms with E-state index in [0.29, 0.717) is 5.69 Å². The van der Waals surface area contributed by atoms with Gasteiger partial charge in [0.15, 0.2) is 0 Å². The molecule has 1 N–H and O–H groups in total. The summed E-state index contributed by atoms with van der Waals surface area (Å²) in [6.45, 7) is 0.741. The smallest absolute Gasteiger partial charge is 0.330 e. The first-order valence-electron chi connectivity index (χ1n) is 5.51. The van der Waals surface area contributed by atoms with E-state index in [4.69, 9.17) is 4.74 Å². The number of pyridine rings is 1. The lowest BCUT2D eigenvalue weighted by Crippen LogP contribution is -2.29. The zero-order valence-electron chi connectivity index (χ0n) is 11.0. The summed E-state index contributed by atoms with van der Waals surface area (Å²) in [6, 6.07) is 3.06. The first-order chi connectivity index (χ1) is 8.49. The molecule has 0 aliphatic rings. The summed E-state index contributed by atoms with van der Waals surface area (Å²) in [5.41, 5.74) is 0.592. The van der Waals surface area contributed by atoms with Crippen LogP contribution in [-0.4, -0.2) is 49.6 Å². The largest absolute Gasteiger partial charge is 0.476 e. The first-order valence-corrected chi connectivity index (χ1v) is 5.51. The van der Waals surface area contributed by atoms with Gasteiger partial charge in [0.1, 0.15) is 0 Å². The minimum Gasteiger partial charge on any atom is -0.476 e. The van der Waals surface area contributed by atoms with Crippen molar-refractivity contribution >= 4 is 5.69 Å². The number of nitro groups is 1. The highest BCUT2D eigenvalue weighted by molar-refractivity contribution is 5.42. The highest BCUT2D eigenvalue weighted by Gasteiger charge is 2.20. The Morgan fingerprint density at radius 2 is 2.22 bits per heavy atom. The van der Waals surface area contributed by atoms with Crippen LogP contribution >= 0.6 is 0 Å². The summed E-state index contributed by atoms with van der Waals surface area (Å²) in [5, 5.41) is 13.9. The van der Waals surface area contributed by atoms with Gasteiger partial charge in [-0.3, -0.25) is 10.1 Å². The lowest BCUT2D eigenvalue weighted by Gasteiger charge is -2.20. The van der Waals surface area contributed by atoms with E-state index < -0.39 is 4.92 Å². The number of likely N-dealkylation sites (N-methyl/N-ethyl adjacent to an activating group) is 2. The van der Waals surface area contributed by atoms with Crippen LogP contribution in [-0.2, 0) is 0 Å². The fraction of sp³-hybridized carbons (Fsp3) is 0.545. The summed E-state index contributed by atoms with van der Waals surface area (Å²) in [4.78, 5) is 16.5. The second kappa shape index (κ2) is 6.27. The molecule has 1 aromatic heterocycles. The van der Waals surface area contributed by atoms with Gasteiger partial charge in [-0.05, 0) is 27.2 Å². The average molecular weight is 254 g/mol. The number of aromatic nitrogens is 1. The van der Waals surface area contributed by atoms with Crippen LogP contribution in [0.5, 0.6) is 5.88 Å². The maximum absolute atomic E-state index is 10.8. The molecule has 1 atom stereocenters. The van der Waals surface area contributed by atoms with Crippen molar-refractivity contribution in [1.82, 2.24) is 15.2 Å². The van der Waals surface area contributed by atoms with Crippen molar-refractivity contribution in [2.75, 3.05) is 34.8 Å². The topological polar surface area (TPSA) is 80.5 Å². The molecule has 0 aliphatic heterocycles. The van der Waals surface area contributed by atoms with Crippen molar-refractivity contribution in [3.05, 3.63) is 27.9 Å². The van der Waals surface area contributed by atoms with Crippen molar-refractivity contribution in [3.8, 4) is 5.88 Å². The summed E-state index contributed by atoms with van der Waals surface area (Å²) >= 11 is 0. The van der Waals surface area contributed by atoms with Gasteiger partial charge in [-0.2, -0.15) is 0 Å². The van der Waals surface area contributed by atoms with Crippen molar-refractivity contribution in [3.63, 3.8) is 0 Å². The molecule has 0 aromatic carbocycles. The van der Waals surface area contributed by atoms with Gasteiger partial charge in [-0.15, -0.1) is 0 Å². The van der Waals surface area contributed by atoms with E-state index in [9.17, 15) is 10.1 Å². The van der Waals surface area contributed by atoms with Crippen LogP contribution in [0.25, 0.3) is 0 Å². The summed E-state index contributed by atoms with van der Waals surface area (Å²) in [6.07, 6.45) is 0. The van der Waals surface area contributed by atoms with E-state index in [0.717, 1.165) is 6.54 Å². The number of nitrogens with zero attached hydrogens (tertiary/aromatic N) is 3. The number of hydrogen-bond acceptors (Lipinski definition) is 6. The molecule has 0 aliphatic carbocycles. The molecule has 0 fully saturated rings. The Bertz CT molecular complexity index is 423. The van der Waals surface area contributed by atoms with Crippen LogP contribution in [0.2, 0.25) is 0 Å². The molecule has 1 heterocycles. The minimum absolute atomic E-state index is 0.00490. The Hall–Kier alpha value is -1.73. The van der Waals surface area contributed by atoms with Crippen molar-refractivity contribution in [1.29, 1.82) is 0 Å². The second-order valence-corrected chi connectivity index (χ2v) is 4.13. The van der Waals surface area contributed by atoms with Crippen molar-refractivity contribution in [2.24, 2.45) is 0 Å². The number of methoxy groups -OCH3 is 1. The molecule has 0 saturated carbocycles. The number of nitrogens with one attached hydrogen (secondary N) is 1. The molecule has 0 radical (unpaired) electrons. The van der Waals surface area contributed by atoms with E-state index in [1.54, 1.807) is 6.07 Å². The second-order valence-electron chi connectivity index (χ2n) is 4.13.